The van der Waals surface area contributed by atoms with Crippen LogP contribution in [0, 0.1) is 6.92 Å². The number of ether oxygens (including phenoxy) is 2. The third-order valence-electron chi connectivity index (χ3n) is 6.43. The molecule has 1 aromatic carbocycles. The summed E-state index contributed by atoms with van der Waals surface area (Å²) in [7, 11) is 0. The molecule has 1 fully saturated rings. The number of aromatic amines is 2. The Balaban J connectivity index is 1.48. The fourth-order valence-electron chi connectivity index (χ4n) is 4.56. The molecule has 2 aliphatic rings. The molecule has 4 rings (SSSR count). The minimum atomic E-state index is -1.15. The van der Waals surface area contributed by atoms with Crippen molar-refractivity contribution in [3.8, 4) is 5.75 Å². The van der Waals surface area contributed by atoms with E-state index in [-0.39, 0.29) is 37.0 Å². The van der Waals surface area contributed by atoms with Crippen LogP contribution in [0.5, 0.6) is 5.75 Å². The van der Waals surface area contributed by atoms with Gasteiger partial charge in [-0.05, 0) is 44.2 Å². The lowest BCUT2D eigenvalue weighted by Gasteiger charge is -2.42. The van der Waals surface area contributed by atoms with Crippen molar-refractivity contribution in [3.05, 3.63) is 61.9 Å². The number of carbonyl (C=O) groups excluding carboxylic acids is 2. The van der Waals surface area contributed by atoms with Gasteiger partial charge in [-0.3, -0.25) is 19.4 Å². The summed E-state index contributed by atoms with van der Waals surface area (Å²) in [5.74, 6) is 0.283. The number of fused-ring (bicyclic) bond motifs is 1. The molecule has 1 unspecified atom stereocenters. The zero-order chi connectivity index (χ0) is 24.1. The van der Waals surface area contributed by atoms with Gasteiger partial charge >= 0.3 is 5.69 Å². The topological polar surface area (TPSA) is 134 Å². The molecule has 0 saturated carbocycles. The van der Waals surface area contributed by atoms with Crippen molar-refractivity contribution in [1.82, 2.24) is 20.2 Å². The number of hydrogen-bond donors (Lipinski definition) is 3. The van der Waals surface area contributed by atoms with Crippen LogP contribution in [0.15, 0.2) is 33.9 Å². The molecule has 1 saturated heterocycles. The van der Waals surface area contributed by atoms with Crippen LogP contribution in [-0.4, -0.2) is 65.1 Å². The van der Waals surface area contributed by atoms with Crippen LogP contribution in [0.1, 0.15) is 36.1 Å². The van der Waals surface area contributed by atoms with E-state index in [4.69, 9.17) is 9.47 Å². The summed E-state index contributed by atoms with van der Waals surface area (Å²) in [5.41, 5.74) is -0.648. The van der Waals surface area contributed by atoms with Crippen molar-refractivity contribution in [2.45, 2.75) is 44.6 Å². The van der Waals surface area contributed by atoms with Gasteiger partial charge in [-0.25, -0.2) is 4.79 Å². The third-order valence-corrected chi connectivity index (χ3v) is 6.43. The van der Waals surface area contributed by atoms with Crippen molar-refractivity contribution in [2.75, 3.05) is 32.8 Å². The molecule has 0 radical (unpaired) electrons. The smallest absolute Gasteiger partial charge is 0.325 e. The summed E-state index contributed by atoms with van der Waals surface area (Å²) in [6.07, 6.45) is 2.72. The maximum atomic E-state index is 13.2. The second kappa shape index (κ2) is 10.3. The van der Waals surface area contributed by atoms with Crippen molar-refractivity contribution >= 4 is 11.8 Å². The first-order valence-corrected chi connectivity index (χ1v) is 11.6. The van der Waals surface area contributed by atoms with Gasteiger partial charge in [0.05, 0.1) is 26.1 Å². The highest BCUT2D eigenvalue weighted by Gasteiger charge is 2.44. The average Bonchev–Trinajstić information content (AvgIpc) is 2.81. The first-order chi connectivity index (χ1) is 16.4. The number of aryl methyl sites for hydroxylation is 2. The lowest BCUT2D eigenvalue weighted by molar-refractivity contribution is -0.167. The molecule has 2 aromatic rings. The molecule has 182 valence electrons. The summed E-state index contributed by atoms with van der Waals surface area (Å²) in [6.45, 7) is 2.88. The van der Waals surface area contributed by atoms with E-state index in [2.05, 4.69) is 15.3 Å². The van der Waals surface area contributed by atoms with E-state index in [0.717, 1.165) is 30.6 Å². The van der Waals surface area contributed by atoms with Gasteiger partial charge in [-0.1, -0.05) is 18.2 Å². The van der Waals surface area contributed by atoms with Gasteiger partial charge < -0.3 is 24.7 Å². The molecule has 2 amide bonds. The van der Waals surface area contributed by atoms with Gasteiger partial charge in [0.2, 0.25) is 5.91 Å². The fraction of sp³-hybridized carbons (Fsp3) is 0.500. The summed E-state index contributed by atoms with van der Waals surface area (Å²) in [5, 5.41) is 2.90. The Morgan fingerprint density at radius 3 is 2.76 bits per heavy atom. The molecule has 3 N–H and O–H groups in total. The van der Waals surface area contributed by atoms with E-state index in [1.165, 1.54) is 0 Å². The quantitative estimate of drug-likeness (QED) is 0.583. The largest absolute Gasteiger partial charge is 0.491 e. The summed E-state index contributed by atoms with van der Waals surface area (Å²) >= 11 is 0. The van der Waals surface area contributed by atoms with Crippen LogP contribution in [0.4, 0.5) is 0 Å². The molecular weight excluding hydrogens is 440 g/mol. The van der Waals surface area contributed by atoms with E-state index in [9.17, 15) is 19.2 Å². The SMILES string of the molecule is Cc1[nH]c(=O)[nH]c(=O)c1CC(=O)N1CCOC2(CCCCc3ccccc3OCCNC2=O)C1. The minimum Gasteiger partial charge on any atom is -0.491 e. The number of nitrogens with one attached hydrogen (secondary N) is 3. The van der Waals surface area contributed by atoms with Crippen molar-refractivity contribution in [2.24, 2.45) is 0 Å². The molecule has 0 bridgehead atoms. The lowest BCUT2D eigenvalue weighted by Crippen LogP contribution is -2.61. The van der Waals surface area contributed by atoms with Gasteiger partial charge in [-0.2, -0.15) is 0 Å². The Labute approximate surface area is 196 Å². The number of carbonyl (C=O) groups is 2. The molecule has 10 heteroatoms. The van der Waals surface area contributed by atoms with Crippen LogP contribution < -0.4 is 21.3 Å². The first-order valence-electron chi connectivity index (χ1n) is 11.6. The highest BCUT2D eigenvalue weighted by Crippen LogP contribution is 2.28. The Morgan fingerprint density at radius 2 is 1.94 bits per heavy atom. The van der Waals surface area contributed by atoms with E-state index in [1.807, 2.05) is 24.3 Å². The van der Waals surface area contributed by atoms with Crippen LogP contribution >= 0.6 is 0 Å². The first kappa shape index (κ1) is 23.7. The fourth-order valence-corrected chi connectivity index (χ4v) is 4.56. The van der Waals surface area contributed by atoms with Gasteiger partial charge in [-0.15, -0.1) is 0 Å². The summed E-state index contributed by atoms with van der Waals surface area (Å²) in [6, 6.07) is 7.91. The van der Waals surface area contributed by atoms with Crippen molar-refractivity contribution < 1.29 is 19.1 Å². The van der Waals surface area contributed by atoms with E-state index < -0.39 is 16.9 Å². The number of amides is 2. The van der Waals surface area contributed by atoms with Crippen LogP contribution in [-0.2, 0) is 27.2 Å². The Bertz CT molecular complexity index is 1170. The molecule has 2 aliphatic heterocycles. The summed E-state index contributed by atoms with van der Waals surface area (Å²) in [4.78, 5) is 56.2. The second-order valence-corrected chi connectivity index (χ2v) is 8.77. The number of aromatic nitrogens is 2. The standard InChI is InChI=1S/C24H30N4O6/c1-16-18(21(30)27-23(32)26-16)14-20(29)28-11-13-34-24(15-28)9-5-4-7-17-6-2-3-8-19(17)33-12-10-25-22(24)31/h2-3,6,8H,4-5,7,9-15H2,1H3,(H,25,31)(H2,26,27,30,32). The van der Waals surface area contributed by atoms with E-state index >= 15 is 0 Å². The predicted octanol–water partition coefficient (Wildman–Crippen LogP) is 0.433. The number of morpholine rings is 1. The minimum absolute atomic E-state index is 0.107. The predicted molar refractivity (Wildman–Crippen MR) is 124 cm³/mol. The number of H-pyrrole nitrogens is 2. The van der Waals surface area contributed by atoms with Gasteiger partial charge in [0, 0.05) is 17.8 Å². The average molecular weight is 471 g/mol. The van der Waals surface area contributed by atoms with Crippen LogP contribution in [0.3, 0.4) is 0 Å². The maximum Gasteiger partial charge on any atom is 0.325 e. The zero-order valence-corrected chi connectivity index (χ0v) is 19.3. The zero-order valence-electron chi connectivity index (χ0n) is 19.3. The Hall–Kier alpha value is -3.40. The molecule has 34 heavy (non-hydrogen) atoms. The van der Waals surface area contributed by atoms with Crippen molar-refractivity contribution in [1.29, 1.82) is 0 Å². The monoisotopic (exact) mass is 470 g/mol. The van der Waals surface area contributed by atoms with Gasteiger partial charge in [0.1, 0.15) is 12.4 Å². The third kappa shape index (κ3) is 5.22. The summed E-state index contributed by atoms with van der Waals surface area (Å²) < 4.78 is 11.9. The normalized spacial score (nSPS) is 21.6. The van der Waals surface area contributed by atoms with Gasteiger partial charge in [0.15, 0.2) is 5.60 Å². The Morgan fingerprint density at radius 1 is 1.12 bits per heavy atom. The Kier molecular flexibility index (Phi) is 7.16. The molecule has 0 aliphatic carbocycles. The van der Waals surface area contributed by atoms with Gasteiger partial charge in [0.25, 0.3) is 11.5 Å². The number of benzene rings is 1. The van der Waals surface area contributed by atoms with E-state index in [0.29, 0.717) is 31.8 Å². The second-order valence-electron chi connectivity index (χ2n) is 8.77. The van der Waals surface area contributed by atoms with E-state index in [1.54, 1.807) is 11.8 Å². The molecule has 3 heterocycles. The number of nitrogens with zero attached hydrogens (tertiary/aromatic N) is 1. The maximum absolute atomic E-state index is 13.2. The highest BCUT2D eigenvalue weighted by atomic mass is 16.5. The molecule has 1 atom stereocenters. The molecule has 1 aromatic heterocycles. The van der Waals surface area contributed by atoms with Crippen molar-refractivity contribution in [3.63, 3.8) is 0 Å². The lowest BCUT2D eigenvalue weighted by atomic mass is 9.91. The molecular formula is C24H30N4O6. The number of rotatable bonds is 2. The number of para-hydroxylation sites is 1. The molecule has 10 nitrogen and oxygen atoms in total. The molecule has 1 spiro atoms. The van der Waals surface area contributed by atoms with Crippen LogP contribution in [0.25, 0.3) is 0 Å². The number of hydrogen-bond acceptors (Lipinski definition) is 6. The highest BCUT2D eigenvalue weighted by molar-refractivity contribution is 5.87. The van der Waals surface area contributed by atoms with Crippen LogP contribution in [0.2, 0.25) is 0 Å².